The number of fused-ring (bicyclic) bond motifs is 1. The molecule has 2 aromatic rings. The summed E-state index contributed by atoms with van der Waals surface area (Å²) < 4.78 is 11.9. The van der Waals surface area contributed by atoms with E-state index in [-0.39, 0.29) is 30.4 Å². The van der Waals surface area contributed by atoms with Crippen LogP contribution in [-0.2, 0) is 14.3 Å². The number of aromatic nitrogens is 1. The number of hydrogen-bond donors (Lipinski definition) is 3. The number of para-hydroxylation sites is 1. The number of rotatable bonds is 8. The summed E-state index contributed by atoms with van der Waals surface area (Å²) in [6, 6.07) is 8.43. The molecule has 3 N–H and O–H groups in total. The van der Waals surface area contributed by atoms with E-state index in [9.17, 15) is 9.90 Å². The molecule has 1 fully saturated rings. The molecule has 1 aliphatic carbocycles. The largest absolute Gasteiger partial charge is 0.459 e. The Kier molecular flexibility index (Phi) is 5.69. The molecule has 1 saturated carbocycles. The van der Waals surface area contributed by atoms with E-state index in [1.54, 1.807) is 0 Å². The highest BCUT2D eigenvalue weighted by molar-refractivity contribution is 5.92. The Morgan fingerprint density at radius 1 is 1.36 bits per heavy atom. The maximum absolute atomic E-state index is 12.7. The van der Waals surface area contributed by atoms with Gasteiger partial charge in [0.05, 0.1) is 0 Å². The Hall–Kier alpha value is -2.31. The number of nitrogens with one attached hydrogen (secondary N) is 2. The van der Waals surface area contributed by atoms with E-state index in [0.29, 0.717) is 18.8 Å². The molecule has 1 aromatic heterocycles. The van der Waals surface area contributed by atoms with Crippen LogP contribution in [0.4, 0.5) is 0 Å². The van der Waals surface area contributed by atoms with E-state index < -0.39 is 6.29 Å². The van der Waals surface area contributed by atoms with Gasteiger partial charge in [-0.2, -0.15) is 0 Å². The average Bonchev–Trinajstić information content (AvgIpc) is 3.42. The zero-order valence-electron chi connectivity index (χ0n) is 16.2. The number of aliphatic hydroxyl groups is 1. The minimum atomic E-state index is -0.514. The van der Waals surface area contributed by atoms with E-state index in [0.717, 1.165) is 35.7 Å². The second-order valence-electron chi connectivity index (χ2n) is 7.57. The Balaban J connectivity index is 1.72. The van der Waals surface area contributed by atoms with Gasteiger partial charge in [0.1, 0.15) is 0 Å². The van der Waals surface area contributed by atoms with E-state index in [1.807, 2.05) is 37.4 Å². The van der Waals surface area contributed by atoms with Crippen LogP contribution in [-0.4, -0.2) is 41.5 Å². The van der Waals surface area contributed by atoms with Gasteiger partial charge in [0.15, 0.2) is 5.76 Å². The van der Waals surface area contributed by atoms with Gasteiger partial charge in [-0.25, -0.2) is 0 Å². The number of hydrogen-bond acceptors (Lipinski definition) is 4. The first-order valence-corrected chi connectivity index (χ1v) is 10.2. The van der Waals surface area contributed by atoms with Crippen molar-refractivity contribution in [3.8, 4) is 0 Å². The Bertz CT molecular complexity index is 855. The smallest absolute Gasteiger partial charge is 0.286 e. The molecule has 4 rings (SSSR count). The number of benzene rings is 1. The van der Waals surface area contributed by atoms with Gasteiger partial charge < -0.3 is 24.9 Å². The zero-order chi connectivity index (χ0) is 19.5. The van der Waals surface area contributed by atoms with Crippen molar-refractivity contribution < 1.29 is 19.4 Å². The second-order valence-corrected chi connectivity index (χ2v) is 7.57. The molecule has 0 saturated heterocycles. The van der Waals surface area contributed by atoms with E-state index in [2.05, 4.69) is 16.4 Å². The molecule has 2 aliphatic rings. The van der Waals surface area contributed by atoms with E-state index in [1.165, 1.54) is 0 Å². The van der Waals surface area contributed by atoms with Crippen LogP contribution in [0.2, 0.25) is 0 Å². The van der Waals surface area contributed by atoms with Crippen LogP contribution < -0.4 is 5.32 Å². The lowest BCUT2D eigenvalue weighted by atomic mass is 9.80. The Labute approximate surface area is 164 Å². The Morgan fingerprint density at radius 3 is 2.93 bits per heavy atom. The van der Waals surface area contributed by atoms with Crippen molar-refractivity contribution >= 4 is 16.8 Å². The molecule has 6 nitrogen and oxygen atoms in total. The van der Waals surface area contributed by atoms with Crippen LogP contribution in [0.15, 0.2) is 42.3 Å². The molecule has 150 valence electrons. The molecule has 1 amide bonds. The normalized spacial score (nSPS) is 24.6. The summed E-state index contributed by atoms with van der Waals surface area (Å²) in [6.07, 6.45) is 6.90. The van der Waals surface area contributed by atoms with Crippen molar-refractivity contribution in [2.45, 2.75) is 50.9 Å². The van der Waals surface area contributed by atoms with Gasteiger partial charge in [0.2, 0.25) is 6.29 Å². The van der Waals surface area contributed by atoms with Gasteiger partial charge in [-0.1, -0.05) is 18.2 Å². The van der Waals surface area contributed by atoms with Crippen molar-refractivity contribution in [1.29, 1.82) is 0 Å². The van der Waals surface area contributed by atoms with E-state index >= 15 is 0 Å². The molecular weight excluding hydrogens is 356 g/mol. The number of allylic oxidation sites excluding steroid dienone is 1. The first kappa shape index (κ1) is 19.0. The highest BCUT2D eigenvalue weighted by Gasteiger charge is 2.39. The maximum Gasteiger partial charge on any atom is 0.286 e. The van der Waals surface area contributed by atoms with Gasteiger partial charge >= 0.3 is 0 Å². The van der Waals surface area contributed by atoms with Crippen LogP contribution in [0.25, 0.3) is 10.9 Å². The lowest BCUT2D eigenvalue weighted by Crippen LogP contribution is -2.39. The fraction of sp³-hybridized carbons (Fsp3) is 0.500. The predicted octanol–water partition coefficient (Wildman–Crippen LogP) is 3.20. The van der Waals surface area contributed by atoms with Crippen molar-refractivity contribution in [3.63, 3.8) is 0 Å². The molecule has 0 unspecified atom stereocenters. The lowest BCUT2D eigenvalue weighted by Gasteiger charge is -2.36. The standard InChI is InChI=1S/C22H28N2O4/c1-2-27-22-16(7-5-11-25)17(12-20(28-22)21(26)24-14-9-10-14)18-13-23-19-8-4-3-6-15(18)19/h3-4,6,8,12-14,16-17,22-23,25H,2,5,7,9-11H2,1H3,(H,24,26)/t16-,17+,22-/m0/s1. The summed E-state index contributed by atoms with van der Waals surface area (Å²) in [5.41, 5.74) is 2.19. The molecule has 28 heavy (non-hydrogen) atoms. The molecule has 0 bridgehead atoms. The topological polar surface area (TPSA) is 83.6 Å². The molecular formula is C22H28N2O4. The number of aromatic amines is 1. The summed E-state index contributed by atoms with van der Waals surface area (Å²) in [6.45, 7) is 2.54. The Morgan fingerprint density at radius 2 is 2.18 bits per heavy atom. The zero-order valence-corrected chi connectivity index (χ0v) is 16.2. The summed E-state index contributed by atoms with van der Waals surface area (Å²) >= 11 is 0. The van der Waals surface area contributed by atoms with Crippen LogP contribution in [0.3, 0.4) is 0 Å². The minimum absolute atomic E-state index is 0.0174. The molecule has 3 atom stereocenters. The monoisotopic (exact) mass is 384 g/mol. The first-order chi connectivity index (χ1) is 13.7. The van der Waals surface area contributed by atoms with Crippen molar-refractivity contribution in [1.82, 2.24) is 10.3 Å². The van der Waals surface area contributed by atoms with Gasteiger partial charge in [-0.05, 0) is 50.3 Å². The van der Waals surface area contributed by atoms with Crippen molar-refractivity contribution in [2.24, 2.45) is 5.92 Å². The van der Waals surface area contributed by atoms with Crippen LogP contribution >= 0.6 is 0 Å². The number of carbonyl (C=O) groups excluding carboxylic acids is 1. The maximum atomic E-state index is 12.7. The van der Waals surface area contributed by atoms with Gasteiger partial charge in [-0.3, -0.25) is 4.79 Å². The third kappa shape index (κ3) is 3.93. The third-order valence-electron chi connectivity index (χ3n) is 5.53. The number of carbonyl (C=O) groups is 1. The van der Waals surface area contributed by atoms with E-state index in [4.69, 9.17) is 9.47 Å². The van der Waals surface area contributed by atoms with Gasteiger partial charge in [0, 0.05) is 48.2 Å². The fourth-order valence-electron chi connectivity index (χ4n) is 3.98. The summed E-state index contributed by atoms with van der Waals surface area (Å²) in [7, 11) is 0. The molecule has 6 heteroatoms. The van der Waals surface area contributed by atoms with Gasteiger partial charge in [-0.15, -0.1) is 0 Å². The third-order valence-corrected chi connectivity index (χ3v) is 5.53. The van der Waals surface area contributed by atoms with Gasteiger partial charge in [0.25, 0.3) is 5.91 Å². The number of H-pyrrole nitrogens is 1. The predicted molar refractivity (Wildman–Crippen MR) is 107 cm³/mol. The molecule has 1 aliphatic heterocycles. The summed E-state index contributed by atoms with van der Waals surface area (Å²) in [5.74, 6) is 0.148. The summed E-state index contributed by atoms with van der Waals surface area (Å²) in [5, 5.41) is 13.5. The number of amides is 1. The quantitative estimate of drug-likeness (QED) is 0.653. The lowest BCUT2D eigenvalue weighted by molar-refractivity contribution is -0.166. The molecule has 1 aromatic carbocycles. The highest BCUT2D eigenvalue weighted by atomic mass is 16.7. The van der Waals surface area contributed by atoms with Crippen LogP contribution in [0, 0.1) is 5.92 Å². The number of ether oxygens (including phenoxy) is 2. The molecule has 0 spiro atoms. The number of aliphatic hydroxyl groups excluding tert-OH is 1. The highest BCUT2D eigenvalue weighted by Crippen LogP contribution is 2.41. The van der Waals surface area contributed by atoms with Crippen LogP contribution in [0.1, 0.15) is 44.1 Å². The second kappa shape index (κ2) is 8.37. The fourth-order valence-corrected chi connectivity index (χ4v) is 3.98. The first-order valence-electron chi connectivity index (χ1n) is 10.2. The van der Waals surface area contributed by atoms with Crippen molar-refractivity contribution in [3.05, 3.63) is 47.9 Å². The minimum Gasteiger partial charge on any atom is -0.459 e. The van der Waals surface area contributed by atoms with Crippen molar-refractivity contribution in [2.75, 3.05) is 13.2 Å². The SMILES string of the molecule is CCO[C@H]1OC(C(=O)NC2CC2)=C[C@@H](c2c[nH]c3ccccc23)[C@@H]1CCCO. The molecule has 2 heterocycles. The summed E-state index contributed by atoms with van der Waals surface area (Å²) in [4.78, 5) is 16.0. The van der Waals surface area contributed by atoms with Crippen LogP contribution in [0.5, 0.6) is 0 Å². The average molecular weight is 384 g/mol. The molecule has 0 radical (unpaired) electrons.